The van der Waals surface area contributed by atoms with Crippen molar-refractivity contribution in [3.05, 3.63) is 36.2 Å². The van der Waals surface area contributed by atoms with Crippen molar-refractivity contribution in [2.24, 2.45) is 0 Å². The van der Waals surface area contributed by atoms with E-state index in [1.807, 2.05) is 18.2 Å². The number of aromatic nitrogens is 2. The number of benzene rings is 1. The van der Waals surface area contributed by atoms with Crippen LogP contribution in [-0.2, 0) is 0 Å². The maximum absolute atomic E-state index is 6.27. The molecule has 7 heteroatoms. The summed E-state index contributed by atoms with van der Waals surface area (Å²) in [5, 5.41) is 6.57. The van der Waals surface area contributed by atoms with E-state index in [4.69, 9.17) is 15.2 Å². The molecule has 1 aromatic heterocycles. The molecule has 0 amide bonds. The smallest absolute Gasteiger partial charge is 0.163 e. The highest BCUT2D eigenvalue weighted by Gasteiger charge is 2.14. The van der Waals surface area contributed by atoms with Crippen LogP contribution in [0.2, 0.25) is 0 Å². The molecule has 27 heavy (non-hydrogen) atoms. The third-order valence-corrected chi connectivity index (χ3v) is 4.81. The summed E-state index contributed by atoms with van der Waals surface area (Å²) in [6.45, 7) is 1.94. The monoisotopic (exact) mass is 367 g/mol. The fraction of sp³-hybridized carbons (Fsp3) is 0.400. The van der Waals surface area contributed by atoms with Crippen LogP contribution in [0.15, 0.2) is 36.2 Å². The number of hydrogen-bond donors (Lipinski definition) is 3. The van der Waals surface area contributed by atoms with Gasteiger partial charge in [0, 0.05) is 18.3 Å². The molecule has 0 saturated heterocycles. The maximum Gasteiger partial charge on any atom is 0.163 e. The Kier molecular flexibility index (Phi) is 5.27. The largest absolute Gasteiger partial charge is 0.486 e. The van der Waals surface area contributed by atoms with Gasteiger partial charge < -0.3 is 25.8 Å². The van der Waals surface area contributed by atoms with Gasteiger partial charge in [-0.15, -0.1) is 0 Å². The Bertz CT molecular complexity index is 837. The predicted octanol–water partition coefficient (Wildman–Crippen LogP) is 3.88. The fourth-order valence-electron chi connectivity index (χ4n) is 3.37. The van der Waals surface area contributed by atoms with Crippen LogP contribution in [-0.4, -0.2) is 29.7 Å². The van der Waals surface area contributed by atoms with E-state index in [9.17, 15) is 0 Å². The lowest BCUT2D eigenvalue weighted by Crippen LogP contribution is -2.15. The van der Waals surface area contributed by atoms with Gasteiger partial charge in [-0.25, -0.2) is 9.97 Å². The number of ether oxygens (including phenoxy) is 2. The summed E-state index contributed by atoms with van der Waals surface area (Å²) in [4.78, 5) is 8.56. The van der Waals surface area contributed by atoms with Crippen LogP contribution in [0.25, 0.3) is 0 Å². The quantitative estimate of drug-likeness (QED) is 0.667. The molecule has 0 unspecified atom stereocenters. The summed E-state index contributed by atoms with van der Waals surface area (Å²) in [5.74, 6) is 2.70. The van der Waals surface area contributed by atoms with Crippen molar-refractivity contribution in [2.45, 2.75) is 32.1 Å². The van der Waals surface area contributed by atoms with E-state index in [0.717, 1.165) is 30.2 Å². The molecule has 0 bridgehead atoms. The molecule has 0 fully saturated rings. The number of nitrogens with one attached hydrogen (secondary N) is 2. The van der Waals surface area contributed by atoms with E-state index in [0.29, 0.717) is 30.5 Å². The van der Waals surface area contributed by atoms with Gasteiger partial charge in [0.1, 0.15) is 25.2 Å². The number of allylic oxidation sites excluding steroid dienone is 1. The van der Waals surface area contributed by atoms with E-state index in [1.54, 1.807) is 0 Å². The third kappa shape index (κ3) is 4.24. The minimum absolute atomic E-state index is 0.505. The molecule has 1 aliphatic carbocycles. The molecule has 2 aromatic rings. The van der Waals surface area contributed by atoms with Gasteiger partial charge in [-0.1, -0.05) is 11.6 Å². The topological polar surface area (TPSA) is 94.3 Å². The SMILES string of the molecule is Nc1c(NCCC2=CCCCC2)ncnc1Nc1ccc2c(c1)OCCO2. The zero-order valence-electron chi connectivity index (χ0n) is 15.3. The normalized spacial score (nSPS) is 15.8. The first-order valence-corrected chi connectivity index (χ1v) is 9.48. The zero-order valence-corrected chi connectivity index (χ0v) is 15.3. The lowest BCUT2D eigenvalue weighted by Gasteiger charge is -2.19. The average molecular weight is 367 g/mol. The molecular weight excluding hydrogens is 342 g/mol. The van der Waals surface area contributed by atoms with Crippen LogP contribution in [0, 0.1) is 0 Å². The minimum atomic E-state index is 0.505. The molecule has 0 atom stereocenters. The summed E-state index contributed by atoms with van der Waals surface area (Å²) in [7, 11) is 0. The minimum Gasteiger partial charge on any atom is -0.486 e. The Morgan fingerprint density at radius 3 is 2.74 bits per heavy atom. The highest BCUT2D eigenvalue weighted by atomic mass is 16.6. The predicted molar refractivity (Wildman–Crippen MR) is 107 cm³/mol. The first kappa shape index (κ1) is 17.5. The number of fused-ring (bicyclic) bond motifs is 1. The number of nitrogen functional groups attached to an aromatic ring is 1. The van der Waals surface area contributed by atoms with Crippen LogP contribution in [0.5, 0.6) is 11.5 Å². The highest BCUT2D eigenvalue weighted by molar-refractivity contribution is 5.78. The van der Waals surface area contributed by atoms with Crippen LogP contribution in [0.1, 0.15) is 32.1 Å². The number of nitrogens with two attached hydrogens (primary N) is 1. The van der Waals surface area contributed by atoms with Crippen molar-refractivity contribution in [1.29, 1.82) is 0 Å². The van der Waals surface area contributed by atoms with Gasteiger partial charge in [0.25, 0.3) is 0 Å². The molecule has 142 valence electrons. The molecule has 0 spiro atoms. The second-order valence-corrected chi connectivity index (χ2v) is 6.75. The van der Waals surface area contributed by atoms with Crippen molar-refractivity contribution in [2.75, 3.05) is 36.1 Å². The van der Waals surface area contributed by atoms with Gasteiger partial charge in [0.05, 0.1) is 0 Å². The Balaban J connectivity index is 1.41. The second-order valence-electron chi connectivity index (χ2n) is 6.75. The fourth-order valence-corrected chi connectivity index (χ4v) is 3.37. The average Bonchev–Trinajstić information content (AvgIpc) is 2.71. The van der Waals surface area contributed by atoms with Crippen molar-refractivity contribution >= 4 is 23.0 Å². The van der Waals surface area contributed by atoms with E-state index in [-0.39, 0.29) is 0 Å². The summed E-state index contributed by atoms with van der Waals surface area (Å²) < 4.78 is 11.2. The molecule has 2 aliphatic rings. The highest BCUT2D eigenvalue weighted by Crippen LogP contribution is 2.34. The lowest BCUT2D eigenvalue weighted by molar-refractivity contribution is 0.171. The summed E-state index contributed by atoms with van der Waals surface area (Å²) in [6.07, 6.45) is 9.92. The van der Waals surface area contributed by atoms with Gasteiger partial charge in [-0.05, 0) is 44.2 Å². The van der Waals surface area contributed by atoms with Gasteiger partial charge in [-0.3, -0.25) is 0 Å². The molecule has 1 aromatic carbocycles. The number of hydrogen-bond acceptors (Lipinski definition) is 7. The number of anilines is 4. The summed E-state index contributed by atoms with van der Waals surface area (Å²) >= 11 is 0. The summed E-state index contributed by atoms with van der Waals surface area (Å²) in [6, 6.07) is 5.68. The van der Waals surface area contributed by atoms with Crippen LogP contribution in [0.4, 0.5) is 23.0 Å². The first-order chi connectivity index (χ1) is 13.3. The maximum atomic E-state index is 6.27. The van der Waals surface area contributed by atoms with E-state index >= 15 is 0 Å². The molecule has 0 radical (unpaired) electrons. The molecule has 0 saturated carbocycles. The molecule has 4 N–H and O–H groups in total. The number of nitrogens with zero attached hydrogens (tertiary/aromatic N) is 2. The standard InChI is InChI=1S/C20H25N5O2/c21-18-19(22-9-8-14-4-2-1-3-5-14)23-13-24-20(18)25-15-6-7-16-17(12-15)27-11-10-26-16/h4,6-7,12-13H,1-3,5,8-11,21H2,(H2,22,23,24,25). The Morgan fingerprint density at radius 1 is 1.04 bits per heavy atom. The number of rotatable bonds is 6. The molecular formula is C20H25N5O2. The third-order valence-electron chi connectivity index (χ3n) is 4.81. The van der Waals surface area contributed by atoms with Crippen molar-refractivity contribution < 1.29 is 9.47 Å². The molecule has 7 nitrogen and oxygen atoms in total. The van der Waals surface area contributed by atoms with E-state index in [1.165, 1.54) is 37.6 Å². The second kappa shape index (κ2) is 8.16. The van der Waals surface area contributed by atoms with Crippen molar-refractivity contribution in [3.63, 3.8) is 0 Å². The Labute approximate surface area is 159 Å². The van der Waals surface area contributed by atoms with Gasteiger partial charge in [0.2, 0.25) is 0 Å². The van der Waals surface area contributed by atoms with Crippen LogP contribution in [0.3, 0.4) is 0 Å². The van der Waals surface area contributed by atoms with E-state index in [2.05, 4.69) is 26.7 Å². The van der Waals surface area contributed by atoms with Crippen molar-refractivity contribution in [3.8, 4) is 11.5 Å². The van der Waals surface area contributed by atoms with Crippen LogP contribution >= 0.6 is 0 Å². The van der Waals surface area contributed by atoms with E-state index < -0.39 is 0 Å². The van der Waals surface area contributed by atoms with Gasteiger partial charge >= 0.3 is 0 Å². The summed E-state index contributed by atoms with van der Waals surface area (Å²) in [5.41, 5.74) is 9.13. The molecule has 2 heterocycles. The lowest BCUT2D eigenvalue weighted by atomic mass is 9.97. The van der Waals surface area contributed by atoms with Gasteiger partial charge in [0.15, 0.2) is 23.1 Å². The molecule has 1 aliphatic heterocycles. The molecule has 4 rings (SSSR count). The first-order valence-electron chi connectivity index (χ1n) is 9.48. The van der Waals surface area contributed by atoms with Crippen LogP contribution < -0.4 is 25.8 Å². The van der Waals surface area contributed by atoms with Crippen molar-refractivity contribution in [1.82, 2.24) is 9.97 Å². The zero-order chi connectivity index (χ0) is 18.5. The Hall–Kier alpha value is -2.96. The Morgan fingerprint density at radius 2 is 1.89 bits per heavy atom. The van der Waals surface area contributed by atoms with Gasteiger partial charge in [-0.2, -0.15) is 0 Å².